The predicted molar refractivity (Wildman–Crippen MR) is 99.5 cm³/mol. The van der Waals surface area contributed by atoms with E-state index in [0.29, 0.717) is 5.82 Å². The summed E-state index contributed by atoms with van der Waals surface area (Å²) in [5.41, 5.74) is 1.67. The number of hydrogen-bond acceptors (Lipinski definition) is 6. The van der Waals surface area contributed by atoms with Crippen LogP contribution in [0.1, 0.15) is 13.8 Å². The van der Waals surface area contributed by atoms with Crippen LogP contribution in [0, 0.1) is 0 Å². The number of benzene rings is 1. The Labute approximate surface area is 148 Å². The lowest BCUT2D eigenvalue weighted by Crippen LogP contribution is -2.01. The van der Waals surface area contributed by atoms with Crippen molar-refractivity contribution in [3.63, 3.8) is 0 Å². The zero-order valence-electron chi connectivity index (χ0n) is 12.8. The zero-order valence-corrected chi connectivity index (χ0v) is 15.9. The van der Waals surface area contributed by atoms with Crippen LogP contribution in [0.15, 0.2) is 28.9 Å². The third-order valence-electron chi connectivity index (χ3n) is 2.42. The molecule has 0 atom stereocenters. The van der Waals surface area contributed by atoms with Gasteiger partial charge in [0.25, 0.3) is 0 Å². The molecule has 1 aromatic heterocycles. The molecule has 2 aromatic rings. The third-order valence-corrected chi connectivity index (χ3v) is 3.59. The Balaban J connectivity index is 0.00000116. The first-order valence-corrected chi connectivity index (χ1v) is 8.96. The predicted octanol–water partition coefficient (Wildman–Crippen LogP) is 5.36. The number of nitrogens with one attached hydrogen (secondary N) is 2. The molecule has 8 heteroatoms. The molecule has 0 saturated carbocycles. The standard InChI is InChI=1S/C12H12BrClN4OS.C2H6/c1-19-9-5-3-4-8(10(9)18-20-2)16-11-7(13)6-15-12(14)17-11;1-2/h3-6,18H,1-2H3,(H,15,16,17);1-2H3. The molecule has 120 valence electrons. The Morgan fingerprint density at radius 2 is 2.05 bits per heavy atom. The molecule has 0 unspecified atom stereocenters. The van der Waals surface area contributed by atoms with Crippen molar-refractivity contribution in [1.82, 2.24) is 9.97 Å². The van der Waals surface area contributed by atoms with Gasteiger partial charge in [0.15, 0.2) is 0 Å². The van der Waals surface area contributed by atoms with Crippen LogP contribution in [0.2, 0.25) is 5.28 Å². The fourth-order valence-electron chi connectivity index (χ4n) is 1.57. The van der Waals surface area contributed by atoms with E-state index in [2.05, 4.69) is 35.9 Å². The Morgan fingerprint density at radius 3 is 2.68 bits per heavy atom. The van der Waals surface area contributed by atoms with E-state index in [1.165, 1.54) is 11.9 Å². The molecule has 0 fully saturated rings. The third kappa shape index (κ3) is 4.93. The van der Waals surface area contributed by atoms with Crippen LogP contribution in [-0.2, 0) is 0 Å². The van der Waals surface area contributed by atoms with Crippen LogP contribution in [0.5, 0.6) is 5.75 Å². The van der Waals surface area contributed by atoms with Crippen LogP contribution < -0.4 is 14.8 Å². The molecule has 1 heterocycles. The number of para-hydroxylation sites is 1. The summed E-state index contributed by atoms with van der Waals surface area (Å²) in [6.07, 6.45) is 3.53. The highest BCUT2D eigenvalue weighted by molar-refractivity contribution is 9.10. The molecule has 0 radical (unpaired) electrons. The summed E-state index contributed by atoms with van der Waals surface area (Å²) < 4.78 is 9.25. The first-order chi connectivity index (χ1) is 10.7. The monoisotopic (exact) mass is 404 g/mol. The summed E-state index contributed by atoms with van der Waals surface area (Å²) in [5.74, 6) is 1.32. The summed E-state index contributed by atoms with van der Waals surface area (Å²) in [7, 11) is 1.63. The molecule has 0 aliphatic rings. The van der Waals surface area contributed by atoms with Crippen molar-refractivity contribution < 1.29 is 4.74 Å². The summed E-state index contributed by atoms with van der Waals surface area (Å²) in [6, 6.07) is 5.69. The topological polar surface area (TPSA) is 59.1 Å². The number of halogens is 2. The van der Waals surface area contributed by atoms with Crippen molar-refractivity contribution in [1.29, 1.82) is 0 Å². The van der Waals surface area contributed by atoms with E-state index in [0.717, 1.165) is 21.6 Å². The van der Waals surface area contributed by atoms with Gasteiger partial charge in [0.1, 0.15) is 17.3 Å². The van der Waals surface area contributed by atoms with Crippen LogP contribution in [0.4, 0.5) is 17.2 Å². The van der Waals surface area contributed by atoms with E-state index in [1.54, 1.807) is 13.3 Å². The van der Waals surface area contributed by atoms with Crippen LogP contribution >= 0.6 is 39.5 Å². The molecular formula is C14H18BrClN4OS. The van der Waals surface area contributed by atoms with Gasteiger partial charge in [-0.3, -0.25) is 0 Å². The average Bonchev–Trinajstić information content (AvgIpc) is 2.54. The van der Waals surface area contributed by atoms with Crippen molar-refractivity contribution in [2.45, 2.75) is 13.8 Å². The summed E-state index contributed by atoms with van der Waals surface area (Å²) in [6.45, 7) is 4.00. The summed E-state index contributed by atoms with van der Waals surface area (Å²) in [4.78, 5) is 8.04. The Hall–Kier alpha value is -1.18. The number of hydrogen-bond donors (Lipinski definition) is 2. The SMILES string of the molecule is CC.COc1cccc(Nc2nc(Cl)ncc2Br)c1NSC. The van der Waals surface area contributed by atoms with E-state index in [-0.39, 0.29) is 5.28 Å². The Bertz CT molecular complexity index is 615. The van der Waals surface area contributed by atoms with Crippen molar-refractivity contribution in [2.24, 2.45) is 0 Å². The number of methoxy groups -OCH3 is 1. The molecule has 0 aliphatic carbocycles. The minimum atomic E-state index is 0.179. The van der Waals surface area contributed by atoms with E-state index < -0.39 is 0 Å². The molecule has 0 aliphatic heterocycles. The number of aromatic nitrogens is 2. The van der Waals surface area contributed by atoms with Gasteiger partial charge in [0.05, 0.1) is 17.3 Å². The molecule has 1 aromatic carbocycles. The maximum absolute atomic E-state index is 5.82. The molecule has 0 spiro atoms. The first-order valence-electron chi connectivity index (χ1n) is 6.56. The zero-order chi connectivity index (χ0) is 16.5. The molecule has 22 heavy (non-hydrogen) atoms. The smallest absolute Gasteiger partial charge is 0.224 e. The average molecular weight is 406 g/mol. The minimum absolute atomic E-state index is 0.179. The second-order valence-electron chi connectivity index (χ2n) is 3.65. The quantitative estimate of drug-likeness (QED) is 0.516. The van der Waals surface area contributed by atoms with Crippen molar-refractivity contribution in [3.05, 3.63) is 34.2 Å². The highest BCUT2D eigenvalue weighted by Crippen LogP contribution is 2.36. The highest BCUT2D eigenvalue weighted by Gasteiger charge is 2.11. The lowest BCUT2D eigenvalue weighted by atomic mass is 10.2. The molecule has 5 nitrogen and oxygen atoms in total. The fourth-order valence-corrected chi connectivity index (χ4v) is 2.41. The largest absolute Gasteiger partial charge is 0.494 e. The molecular weight excluding hydrogens is 388 g/mol. The summed E-state index contributed by atoms with van der Waals surface area (Å²) >= 11 is 10.7. The van der Waals surface area contributed by atoms with E-state index in [4.69, 9.17) is 16.3 Å². The Morgan fingerprint density at radius 1 is 1.32 bits per heavy atom. The van der Waals surface area contributed by atoms with Gasteiger partial charge in [0, 0.05) is 12.5 Å². The first kappa shape index (κ1) is 18.9. The van der Waals surface area contributed by atoms with Crippen molar-refractivity contribution in [3.8, 4) is 5.75 Å². The molecule has 2 N–H and O–H groups in total. The van der Waals surface area contributed by atoms with Crippen molar-refractivity contribution >= 4 is 56.7 Å². The van der Waals surface area contributed by atoms with Crippen LogP contribution in [0.25, 0.3) is 0 Å². The highest BCUT2D eigenvalue weighted by atomic mass is 79.9. The van der Waals surface area contributed by atoms with Gasteiger partial charge >= 0.3 is 0 Å². The van der Waals surface area contributed by atoms with Crippen LogP contribution in [0.3, 0.4) is 0 Å². The fraction of sp³-hybridized carbons (Fsp3) is 0.286. The van der Waals surface area contributed by atoms with Gasteiger partial charge in [0.2, 0.25) is 5.28 Å². The van der Waals surface area contributed by atoms with E-state index >= 15 is 0 Å². The summed E-state index contributed by atoms with van der Waals surface area (Å²) in [5, 5.41) is 3.38. The van der Waals surface area contributed by atoms with Gasteiger partial charge < -0.3 is 14.8 Å². The molecule has 0 saturated heterocycles. The Kier molecular flexibility index (Phi) is 8.37. The lowest BCUT2D eigenvalue weighted by Gasteiger charge is -2.15. The maximum atomic E-state index is 5.82. The minimum Gasteiger partial charge on any atom is -0.494 e. The second kappa shape index (κ2) is 9.76. The molecule has 2 rings (SSSR count). The number of anilines is 3. The van der Waals surface area contributed by atoms with Crippen LogP contribution in [-0.4, -0.2) is 23.3 Å². The number of rotatable bonds is 5. The van der Waals surface area contributed by atoms with Gasteiger partial charge in [-0.25, -0.2) is 4.98 Å². The number of nitrogens with zero attached hydrogens (tertiary/aromatic N) is 2. The van der Waals surface area contributed by atoms with Crippen molar-refractivity contribution in [2.75, 3.05) is 23.4 Å². The molecule has 0 bridgehead atoms. The normalized spacial score (nSPS) is 9.55. The van der Waals surface area contributed by atoms with E-state index in [1.807, 2.05) is 38.3 Å². The maximum Gasteiger partial charge on any atom is 0.224 e. The number of ether oxygens (including phenoxy) is 1. The van der Waals surface area contributed by atoms with Gasteiger partial charge in [-0.1, -0.05) is 31.9 Å². The second-order valence-corrected chi connectivity index (χ2v) is 5.45. The molecule has 0 amide bonds. The van der Waals surface area contributed by atoms with E-state index in [9.17, 15) is 0 Å². The van der Waals surface area contributed by atoms with Gasteiger partial charge in [-0.05, 0) is 39.7 Å². The lowest BCUT2D eigenvalue weighted by molar-refractivity contribution is 0.417. The van der Waals surface area contributed by atoms with Gasteiger partial charge in [-0.2, -0.15) is 4.98 Å². The van der Waals surface area contributed by atoms with Gasteiger partial charge in [-0.15, -0.1) is 0 Å².